The van der Waals surface area contributed by atoms with Crippen LogP contribution in [0.2, 0.25) is 5.15 Å². The second kappa shape index (κ2) is 5.99. The molecule has 0 radical (unpaired) electrons. The number of aromatic carboxylic acids is 1. The average Bonchev–Trinajstić information content (AvgIpc) is 2.99. The highest BCUT2D eigenvalue weighted by atomic mass is 35.5. The second-order valence-electron chi connectivity index (χ2n) is 5.82. The van der Waals surface area contributed by atoms with Crippen molar-refractivity contribution < 1.29 is 19.4 Å². The maximum absolute atomic E-state index is 11.6. The molecule has 1 aromatic carbocycles. The van der Waals surface area contributed by atoms with E-state index < -0.39 is 5.97 Å². The minimum absolute atomic E-state index is 0.0529. The summed E-state index contributed by atoms with van der Waals surface area (Å²) in [5, 5.41) is 17.1. The molecule has 1 aliphatic heterocycles. The molecule has 2 N–H and O–H groups in total. The third-order valence-electron chi connectivity index (χ3n) is 4.26. The van der Waals surface area contributed by atoms with Gasteiger partial charge in [0.05, 0.1) is 18.0 Å². The van der Waals surface area contributed by atoms with Crippen LogP contribution in [-0.4, -0.2) is 38.9 Å². The molecule has 0 fully saturated rings. The average molecular weight is 373 g/mol. The first-order valence-electron chi connectivity index (χ1n) is 7.76. The number of rotatable bonds is 3. The zero-order valence-corrected chi connectivity index (χ0v) is 14.4. The number of anilines is 1. The molecule has 1 aliphatic rings. The van der Waals surface area contributed by atoms with E-state index in [2.05, 4.69) is 15.4 Å². The van der Waals surface area contributed by atoms with Gasteiger partial charge in [-0.3, -0.25) is 4.79 Å². The van der Waals surface area contributed by atoms with Crippen molar-refractivity contribution in [3.05, 3.63) is 40.8 Å². The Morgan fingerprint density at radius 2 is 2.15 bits per heavy atom. The molecule has 9 heteroatoms. The number of methoxy groups -OCH3 is 1. The van der Waals surface area contributed by atoms with Gasteiger partial charge in [-0.25, -0.2) is 14.5 Å². The van der Waals surface area contributed by atoms with Gasteiger partial charge in [0.2, 0.25) is 5.91 Å². The first-order valence-corrected chi connectivity index (χ1v) is 8.14. The van der Waals surface area contributed by atoms with Crippen molar-refractivity contribution in [2.75, 3.05) is 12.4 Å². The van der Waals surface area contributed by atoms with E-state index in [0.717, 1.165) is 5.56 Å². The molecule has 2 aromatic heterocycles. The molecule has 4 rings (SSSR count). The second-order valence-corrected chi connectivity index (χ2v) is 6.21. The molecule has 8 nitrogen and oxygen atoms in total. The van der Waals surface area contributed by atoms with E-state index in [1.807, 2.05) is 6.07 Å². The van der Waals surface area contributed by atoms with Crippen LogP contribution in [-0.2, 0) is 11.2 Å². The number of carbonyl (C=O) groups excluding carboxylic acids is 1. The number of carboxylic acid groups (broad SMARTS) is 1. The van der Waals surface area contributed by atoms with Crippen LogP contribution in [0, 0.1) is 0 Å². The molecule has 0 saturated carbocycles. The predicted molar refractivity (Wildman–Crippen MR) is 94.3 cm³/mol. The van der Waals surface area contributed by atoms with Crippen LogP contribution < -0.4 is 10.1 Å². The van der Waals surface area contributed by atoms with Gasteiger partial charge in [-0.15, -0.1) is 0 Å². The summed E-state index contributed by atoms with van der Waals surface area (Å²) in [6, 6.07) is 5.09. The Hall–Kier alpha value is -3.13. The van der Waals surface area contributed by atoms with Gasteiger partial charge in [-0.05, 0) is 18.1 Å². The van der Waals surface area contributed by atoms with Gasteiger partial charge in [-0.2, -0.15) is 5.10 Å². The van der Waals surface area contributed by atoms with Crippen molar-refractivity contribution in [1.29, 1.82) is 0 Å². The van der Waals surface area contributed by atoms with Crippen LogP contribution in [0.25, 0.3) is 16.6 Å². The summed E-state index contributed by atoms with van der Waals surface area (Å²) in [4.78, 5) is 27.1. The largest absolute Gasteiger partial charge is 0.494 e. The van der Waals surface area contributed by atoms with Gasteiger partial charge in [0, 0.05) is 30.4 Å². The maximum Gasteiger partial charge on any atom is 0.357 e. The number of amides is 1. The summed E-state index contributed by atoms with van der Waals surface area (Å²) in [6.45, 7) is 0. The summed E-state index contributed by atoms with van der Waals surface area (Å²) < 4.78 is 6.92. The van der Waals surface area contributed by atoms with Crippen molar-refractivity contribution >= 4 is 40.1 Å². The van der Waals surface area contributed by atoms with Gasteiger partial charge in [0.1, 0.15) is 16.6 Å². The Morgan fingerprint density at radius 3 is 2.88 bits per heavy atom. The normalized spacial score (nSPS) is 13.4. The molecule has 1 amide bonds. The fraction of sp³-hybridized carbons (Fsp3) is 0.176. The Kier molecular flexibility index (Phi) is 3.77. The number of carbonyl (C=O) groups is 2. The molecular weight excluding hydrogens is 360 g/mol. The summed E-state index contributed by atoms with van der Waals surface area (Å²) in [6.07, 6.45) is 2.34. The minimum Gasteiger partial charge on any atom is -0.494 e. The van der Waals surface area contributed by atoms with Crippen molar-refractivity contribution in [2.45, 2.75) is 12.8 Å². The first kappa shape index (κ1) is 16.3. The number of fused-ring (bicyclic) bond motifs is 2. The monoisotopic (exact) mass is 372 g/mol. The molecule has 132 valence electrons. The van der Waals surface area contributed by atoms with Crippen LogP contribution >= 0.6 is 11.6 Å². The van der Waals surface area contributed by atoms with E-state index in [1.165, 1.54) is 18.0 Å². The zero-order valence-electron chi connectivity index (χ0n) is 13.6. The highest BCUT2D eigenvalue weighted by Crippen LogP contribution is 2.35. The summed E-state index contributed by atoms with van der Waals surface area (Å²) in [7, 11) is 1.49. The fourth-order valence-electron chi connectivity index (χ4n) is 3.05. The molecule has 0 saturated heterocycles. The number of ether oxygens (including phenoxy) is 1. The number of hydrogen-bond donors (Lipinski definition) is 2. The first-order chi connectivity index (χ1) is 12.5. The molecule has 3 aromatic rings. The number of pyridine rings is 1. The van der Waals surface area contributed by atoms with E-state index in [9.17, 15) is 14.7 Å². The molecule has 0 spiro atoms. The van der Waals surface area contributed by atoms with Gasteiger partial charge in [0.15, 0.2) is 5.69 Å². The Labute approximate surface area is 152 Å². The Bertz CT molecular complexity index is 1080. The lowest BCUT2D eigenvalue weighted by Crippen LogP contribution is -2.19. The highest BCUT2D eigenvalue weighted by molar-refractivity contribution is 6.30. The third kappa shape index (κ3) is 2.55. The number of aryl methyl sites for hydroxylation is 1. The molecule has 3 heterocycles. The number of hydrogen-bond acceptors (Lipinski definition) is 5. The van der Waals surface area contributed by atoms with E-state index in [4.69, 9.17) is 16.3 Å². The van der Waals surface area contributed by atoms with E-state index in [-0.39, 0.29) is 16.8 Å². The van der Waals surface area contributed by atoms with Crippen LogP contribution in [0.4, 0.5) is 5.69 Å². The van der Waals surface area contributed by atoms with E-state index in [0.29, 0.717) is 40.9 Å². The number of benzene rings is 1. The minimum atomic E-state index is -1.16. The van der Waals surface area contributed by atoms with Gasteiger partial charge >= 0.3 is 5.97 Å². The lowest BCUT2D eigenvalue weighted by molar-refractivity contribution is -0.116. The lowest BCUT2D eigenvalue weighted by Gasteiger charge is -2.20. The van der Waals surface area contributed by atoms with Crippen molar-refractivity contribution in [3.63, 3.8) is 0 Å². The standard InChI is InChI=1S/C17H13ClN4O4/c1-26-13-5-10-8(2-3-15(23)20-10)4-12(13)22-11-6-14(18)19-7-9(11)16(21-22)17(24)25/h4-7H,2-3H2,1H3,(H,20,23)(H,24,25). The molecule has 0 atom stereocenters. The Balaban J connectivity index is 1.99. The number of carboxylic acids is 1. The molecular formula is C17H13ClN4O4. The number of nitrogens with zero attached hydrogens (tertiary/aromatic N) is 3. The molecule has 0 aliphatic carbocycles. The SMILES string of the molecule is COc1cc2c(cc1-n1nc(C(=O)O)c3cnc(Cl)cc31)CCC(=O)N2. The van der Waals surface area contributed by atoms with Crippen molar-refractivity contribution in [3.8, 4) is 11.4 Å². The summed E-state index contributed by atoms with van der Waals surface area (Å²) in [5.74, 6) is -0.773. The van der Waals surface area contributed by atoms with Gasteiger partial charge in [-0.1, -0.05) is 11.6 Å². The van der Waals surface area contributed by atoms with E-state index in [1.54, 1.807) is 12.1 Å². The quantitative estimate of drug-likeness (QED) is 0.684. The van der Waals surface area contributed by atoms with Crippen LogP contribution in [0.1, 0.15) is 22.5 Å². The predicted octanol–water partition coefficient (Wildman–Crippen LogP) is 2.67. The van der Waals surface area contributed by atoms with Crippen LogP contribution in [0.15, 0.2) is 24.4 Å². The van der Waals surface area contributed by atoms with Crippen molar-refractivity contribution in [2.24, 2.45) is 0 Å². The van der Waals surface area contributed by atoms with Gasteiger partial charge in [0.25, 0.3) is 0 Å². The zero-order chi connectivity index (χ0) is 18.4. The Morgan fingerprint density at radius 1 is 1.35 bits per heavy atom. The van der Waals surface area contributed by atoms with Crippen LogP contribution in [0.3, 0.4) is 0 Å². The fourth-order valence-corrected chi connectivity index (χ4v) is 3.20. The van der Waals surface area contributed by atoms with Crippen LogP contribution in [0.5, 0.6) is 5.75 Å². The number of halogens is 1. The van der Waals surface area contributed by atoms with Gasteiger partial charge < -0.3 is 15.2 Å². The lowest BCUT2D eigenvalue weighted by atomic mass is 10.0. The molecule has 0 unspecified atom stereocenters. The highest BCUT2D eigenvalue weighted by Gasteiger charge is 2.23. The summed E-state index contributed by atoms with van der Waals surface area (Å²) in [5.41, 5.74) is 2.53. The number of nitrogens with one attached hydrogen (secondary N) is 1. The summed E-state index contributed by atoms with van der Waals surface area (Å²) >= 11 is 5.99. The molecule has 0 bridgehead atoms. The topological polar surface area (TPSA) is 106 Å². The maximum atomic E-state index is 11.6. The third-order valence-corrected chi connectivity index (χ3v) is 4.47. The van der Waals surface area contributed by atoms with E-state index >= 15 is 0 Å². The van der Waals surface area contributed by atoms with Crippen molar-refractivity contribution in [1.82, 2.24) is 14.8 Å². The number of aromatic nitrogens is 3. The molecule has 26 heavy (non-hydrogen) atoms. The smallest absolute Gasteiger partial charge is 0.357 e.